The van der Waals surface area contributed by atoms with Crippen molar-refractivity contribution in [2.24, 2.45) is 0 Å². The average molecular weight is 297 g/mol. The Labute approximate surface area is 132 Å². The first-order chi connectivity index (χ1) is 10.8. The van der Waals surface area contributed by atoms with E-state index in [9.17, 15) is 4.79 Å². The third kappa shape index (κ3) is 5.24. The van der Waals surface area contributed by atoms with Gasteiger partial charge in [0.1, 0.15) is 5.75 Å². The van der Waals surface area contributed by atoms with Crippen LogP contribution in [0.4, 0.5) is 0 Å². The summed E-state index contributed by atoms with van der Waals surface area (Å²) in [5.74, 6) is 0.768. The SMILES string of the molecule is CCOc1ccc(C(=O)NCCCCc2ccccc2)cc1. The molecule has 116 valence electrons. The Bertz CT molecular complexity index is 564. The number of nitrogens with one attached hydrogen (secondary N) is 1. The summed E-state index contributed by atoms with van der Waals surface area (Å²) in [5, 5.41) is 2.96. The van der Waals surface area contributed by atoms with Crippen molar-refractivity contribution in [1.29, 1.82) is 0 Å². The molecule has 0 fully saturated rings. The molecule has 22 heavy (non-hydrogen) atoms. The fraction of sp³-hybridized carbons (Fsp3) is 0.316. The lowest BCUT2D eigenvalue weighted by molar-refractivity contribution is 0.0953. The van der Waals surface area contributed by atoms with Crippen LogP contribution >= 0.6 is 0 Å². The van der Waals surface area contributed by atoms with Crippen LogP contribution in [0.25, 0.3) is 0 Å². The number of rotatable bonds is 8. The maximum atomic E-state index is 12.0. The summed E-state index contributed by atoms with van der Waals surface area (Å²) in [7, 11) is 0. The van der Waals surface area contributed by atoms with Gasteiger partial charge in [0.2, 0.25) is 0 Å². The molecule has 3 heteroatoms. The van der Waals surface area contributed by atoms with Crippen molar-refractivity contribution in [2.45, 2.75) is 26.2 Å². The first-order valence-corrected chi connectivity index (χ1v) is 7.84. The zero-order chi connectivity index (χ0) is 15.6. The van der Waals surface area contributed by atoms with E-state index in [0.29, 0.717) is 18.7 Å². The Morgan fingerprint density at radius 3 is 2.41 bits per heavy atom. The fourth-order valence-electron chi connectivity index (χ4n) is 2.27. The Morgan fingerprint density at radius 1 is 1.00 bits per heavy atom. The van der Waals surface area contributed by atoms with Crippen LogP contribution < -0.4 is 10.1 Å². The van der Waals surface area contributed by atoms with E-state index in [1.807, 2.05) is 25.1 Å². The number of benzene rings is 2. The van der Waals surface area contributed by atoms with Crippen LogP contribution in [0.15, 0.2) is 54.6 Å². The van der Waals surface area contributed by atoms with Crippen molar-refractivity contribution < 1.29 is 9.53 Å². The predicted octanol–water partition coefficient (Wildman–Crippen LogP) is 3.84. The number of carbonyl (C=O) groups excluding carboxylic acids is 1. The second-order valence-corrected chi connectivity index (χ2v) is 5.16. The highest BCUT2D eigenvalue weighted by molar-refractivity contribution is 5.94. The topological polar surface area (TPSA) is 38.3 Å². The van der Waals surface area contributed by atoms with Gasteiger partial charge in [-0.25, -0.2) is 0 Å². The molecule has 3 nitrogen and oxygen atoms in total. The summed E-state index contributed by atoms with van der Waals surface area (Å²) >= 11 is 0. The number of unbranched alkanes of at least 4 members (excludes halogenated alkanes) is 1. The highest BCUT2D eigenvalue weighted by atomic mass is 16.5. The summed E-state index contributed by atoms with van der Waals surface area (Å²) < 4.78 is 5.36. The van der Waals surface area contributed by atoms with E-state index in [1.54, 1.807) is 12.1 Å². The summed E-state index contributed by atoms with van der Waals surface area (Å²) in [5.41, 5.74) is 2.02. The third-order valence-electron chi connectivity index (χ3n) is 3.45. The molecular weight excluding hydrogens is 274 g/mol. The van der Waals surface area contributed by atoms with E-state index in [0.717, 1.165) is 25.0 Å². The van der Waals surface area contributed by atoms with Gasteiger partial charge in [0.05, 0.1) is 6.61 Å². The Balaban J connectivity index is 1.67. The average Bonchev–Trinajstić information content (AvgIpc) is 2.56. The molecule has 0 saturated heterocycles. The van der Waals surface area contributed by atoms with Gasteiger partial charge < -0.3 is 10.1 Å². The van der Waals surface area contributed by atoms with Crippen LogP contribution in [0, 0.1) is 0 Å². The molecular formula is C19H23NO2. The van der Waals surface area contributed by atoms with Crippen molar-refractivity contribution in [1.82, 2.24) is 5.32 Å². The second kappa shape index (κ2) is 8.88. The second-order valence-electron chi connectivity index (χ2n) is 5.16. The van der Waals surface area contributed by atoms with E-state index in [1.165, 1.54) is 5.56 Å². The molecule has 2 aromatic carbocycles. The molecule has 0 heterocycles. The number of hydrogen-bond donors (Lipinski definition) is 1. The van der Waals surface area contributed by atoms with Crippen LogP contribution in [0.1, 0.15) is 35.7 Å². The molecule has 0 aliphatic carbocycles. The van der Waals surface area contributed by atoms with Crippen molar-refractivity contribution in [3.05, 3.63) is 65.7 Å². The zero-order valence-corrected chi connectivity index (χ0v) is 13.0. The van der Waals surface area contributed by atoms with Crippen LogP contribution in [0.2, 0.25) is 0 Å². The maximum Gasteiger partial charge on any atom is 0.251 e. The van der Waals surface area contributed by atoms with Crippen LogP contribution in [-0.2, 0) is 6.42 Å². The molecule has 0 spiro atoms. The number of aryl methyl sites for hydroxylation is 1. The minimum atomic E-state index is -0.0252. The highest BCUT2D eigenvalue weighted by Crippen LogP contribution is 2.12. The van der Waals surface area contributed by atoms with Gasteiger partial charge >= 0.3 is 0 Å². The lowest BCUT2D eigenvalue weighted by Crippen LogP contribution is -2.24. The standard InChI is InChI=1S/C19H23NO2/c1-2-22-18-13-11-17(12-14-18)19(21)20-15-7-6-10-16-8-4-3-5-9-16/h3-5,8-9,11-14H,2,6-7,10,15H2,1H3,(H,20,21). The van der Waals surface area contributed by atoms with Crippen molar-refractivity contribution in [3.63, 3.8) is 0 Å². The minimum absolute atomic E-state index is 0.0252. The van der Waals surface area contributed by atoms with Crippen molar-refractivity contribution >= 4 is 5.91 Å². The molecule has 0 bridgehead atoms. The Kier molecular flexibility index (Phi) is 6.49. The van der Waals surface area contributed by atoms with Gasteiger partial charge in [-0.05, 0) is 56.0 Å². The van der Waals surface area contributed by atoms with E-state index in [2.05, 4.69) is 29.6 Å². The molecule has 1 N–H and O–H groups in total. The molecule has 0 aliphatic rings. The van der Waals surface area contributed by atoms with Crippen LogP contribution in [-0.4, -0.2) is 19.1 Å². The summed E-state index contributed by atoms with van der Waals surface area (Å²) in [6, 6.07) is 17.7. The lowest BCUT2D eigenvalue weighted by Gasteiger charge is -2.07. The Morgan fingerprint density at radius 2 is 1.73 bits per heavy atom. The van der Waals surface area contributed by atoms with E-state index in [4.69, 9.17) is 4.74 Å². The summed E-state index contributed by atoms with van der Waals surface area (Å²) in [6.07, 6.45) is 3.12. The number of ether oxygens (including phenoxy) is 1. The van der Waals surface area contributed by atoms with Gasteiger partial charge in [0.15, 0.2) is 0 Å². The molecule has 0 atom stereocenters. The number of hydrogen-bond acceptors (Lipinski definition) is 2. The molecule has 0 saturated carbocycles. The molecule has 0 aromatic heterocycles. The van der Waals surface area contributed by atoms with Gasteiger partial charge in [-0.3, -0.25) is 4.79 Å². The summed E-state index contributed by atoms with van der Waals surface area (Å²) in [6.45, 7) is 3.28. The van der Waals surface area contributed by atoms with Crippen molar-refractivity contribution in [3.8, 4) is 5.75 Å². The lowest BCUT2D eigenvalue weighted by atomic mass is 10.1. The highest BCUT2D eigenvalue weighted by Gasteiger charge is 2.04. The minimum Gasteiger partial charge on any atom is -0.494 e. The molecule has 0 aliphatic heterocycles. The predicted molar refractivity (Wildman–Crippen MR) is 89.3 cm³/mol. The first kappa shape index (κ1) is 16.1. The largest absolute Gasteiger partial charge is 0.494 e. The van der Waals surface area contributed by atoms with Gasteiger partial charge in [-0.1, -0.05) is 30.3 Å². The molecule has 2 rings (SSSR count). The fourth-order valence-corrected chi connectivity index (χ4v) is 2.27. The number of amides is 1. The van der Waals surface area contributed by atoms with Gasteiger partial charge in [0.25, 0.3) is 5.91 Å². The monoisotopic (exact) mass is 297 g/mol. The van der Waals surface area contributed by atoms with Gasteiger partial charge in [0, 0.05) is 12.1 Å². The molecule has 0 unspecified atom stereocenters. The number of carbonyl (C=O) groups is 1. The molecule has 1 amide bonds. The zero-order valence-electron chi connectivity index (χ0n) is 13.0. The van der Waals surface area contributed by atoms with Gasteiger partial charge in [-0.2, -0.15) is 0 Å². The van der Waals surface area contributed by atoms with E-state index in [-0.39, 0.29) is 5.91 Å². The van der Waals surface area contributed by atoms with Crippen molar-refractivity contribution in [2.75, 3.05) is 13.2 Å². The third-order valence-corrected chi connectivity index (χ3v) is 3.45. The van der Waals surface area contributed by atoms with E-state index >= 15 is 0 Å². The first-order valence-electron chi connectivity index (χ1n) is 7.84. The van der Waals surface area contributed by atoms with Gasteiger partial charge in [-0.15, -0.1) is 0 Å². The van der Waals surface area contributed by atoms with Crippen LogP contribution in [0.3, 0.4) is 0 Å². The molecule has 0 radical (unpaired) electrons. The Hall–Kier alpha value is -2.29. The quantitative estimate of drug-likeness (QED) is 0.752. The smallest absolute Gasteiger partial charge is 0.251 e. The normalized spacial score (nSPS) is 10.2. The molecule has 2 aromatic rings. The maximum absolute atomic E-state index is 12.0. The van der Waals surface area contributed by atoms with E-state index < -0.39 is 0 Å². The van der Waals surface area contributed by atoms with Crippen LogP contribution in [0.5, 0.6) is 5.75 Å². The summed E-state index contributed by atoms with van der Waals surface area (Å²) in [4.78, 5) is 12.0.